The molecule has 0 aliphatic carbocycles. The van der Waals surface area contributed by atoms with Crippen molar-refractivity contribution in [2.24, 2.45) is 5.92 Å². The van der Waals surface area contributed by atoms with E-state index in [9.17, 15) is 5.11 Å². The minimum absolute atomic E-state index is 0.0886. The van der Waals surface area contributed by atoms with Crippen molar-refractivity contribution in [3.05, 3.63) is 6.33 Å². The molecule has 9 heteroatoms. The van der Waals surface area contributed by atoms with E-state index in [1.165, 1.54) is 7.11 Å². The molecule has 4 unspecified atom stereocenters. The van der Waals surface area contributed by atoms with E-state index in [2.05, 4.69) is 15.0 Å². The van der Waals surface area contributed by atoms with Crippen molar-refractivity contribution in [2.45, 2.75) is 25.4 Å². The van der Waals surface area contributed by atoms with Gasteiger partial charge in [-0.25, -0.2) is 4.98 Å². The van der Waals surface area contributed by atoms with Crippen LogP contribution in [0.3, 0.4) is 0 Å². The predicted octanol–water partition coefficient (Wildman–Crippen LogP) is -0.0421. The maximum atomic E-state index is 10.3. The summed E-state index contributed by atoms with van der Waals surface area (Å²) >= 11 is 0. The number of aliphatic hydroxyl groups is 1. The number of hydrogen-bond donors (Lipinski definition) is 2. The lowest BCUT2D eigenvalue weighted by Crippen LogP contribution is -2.28. The number of aliphatic hydroxyl groups excluding tert-OH is 1. The van der Waals surface area contributed by atoms with Gasteiger partial charge in [0.05, 0.1) is 26.1 Å². The summed E-state index contributed by atoms with van der Waals surface area (Å²) in [7, 11) is 3.06. The molecule has 3 rings (SSSR count). The molecule has 1 aliphatic rings. The second kappa shape index (κ2) is 5.67. The smallest absolute Gasteiger partial charge is 0.246 e. The van der Waals surface area contributed by atoms with Crippen LogP contribution in [0.25, 0.3) is 11.2 Å². The number of imidazole rings is 1. The van der Waals surface area contributed by atoms with Crippen molar-refractivity contribution in [3.8, 4) is 5.88 Å². The summed E-state index contributed by atoms with van der Waals surface area (Å²) in [6.07, 6.45) is 0.135. The Labute approximate surface area is 127 Å². The summed E-state index contributed by atoms with van der Waals surface area (Å²) in [6.45, 7) is 2.22. The maximum Gasteiger partial charge on any atom is 0.246 e. The minimum Gasteiger partial charge on any atom is -0.479 e. The molecule has 120 valence electrons. The van der Waals surface area contributed by atoms with Crippen LogP contribution in [0, 0.1) is 5.92 Å². The second-order valence-corrected chi connectivity index (χ2v) is 5.29. The number of nitrogen functional groups attached to an aromatic ring is 1. The largest absolute Gasteiger partial charge is 0.479 e. The van der Waals surface area contributed by atoms with Gasteiger partial charge in [0, 0.05) is 13.0 Å². The van der Waals surface area contributed by atoms with Gasteiger partial charge in [-0.1, -0.05) is 6.92 Å². The molecule has 2 aromatic rings. The maximum absolute atomic E-state index is 10.3. The second-order valence-electron chi connectivity index (χ2n) is 5.29. The van der Waals surface area contributed by atoms with Gasteiger partial charge in [0.2, 0.25) is 11.8 Å². The van der Waals surface area contributed by atoms with Gasteiger partial charge in [0.1, 0.15) is 12.3 Å². The van der Waals surface area contributed by atoms with E-state index in [4.69, 9.17) is 19.9 Å². The molecule has 0 amide bonds. The van der Waals surface area contributed by atoms with Crippen LogP contribution in [-0.4, -0.2) is 57.7 Å². The van der Waals surface area contributed by atoms with Crippen LogP contribution in [0.2, 0.25) is 0 Å². The molecule has 0 aromatic carbocycles. The van der Waals surface area contributed by atoms with E-state index >= 15 is 0 Å². The lowest BCUT2D eigenvalue weighted by Gasteiger charge is -2.17. The highest BCUT2D eigenvalue weighted by molar-refractivity contribution is 5.77. The monoisotopic (exact) mass is 309 g/mol. The molecular formula is C13H19N5O4. The molecule has 0 radical (unpaired) electrons. The van der Waals surface area contributed by atoms with Crippen molar-refractivity contribution in [1.29, 1.82) is 0 Å². The Morgan fingerprint density at radius 2 is 2.18 bits per heavy atom. The number of ether oxygens (including phenoxy) is 3. The van der Waals surface area contributed by atoms with Gasteiger partial charge in [-0.15, -0.1) is 0 Å². The highest BCUT2D eigenvalue weighted by atomic mass is 16.6. The van der Waals surface area contributed by atoms with Crippen LogP contribution < -0.4 is 10.5 Å². The molecular weight excluding hydrogens is 290 g/mol. The number of rotatable bonds is 4. The van der Waals surface area contributed by atoms with E-state index in [1.807, 2.05) is 6.92 Å². The molecule has 4 atom stereocenters. The number of methoxy groups -OCH3 is 2. The lowest BCUT2D eigenvalue weighted by atomic mass is 10.0. The summed E-state index contributed by atoms with van der Waals surface area (Å²) in [6, 6.07) is 0. The van der Waals surface area contributed by atoms with Gasteiger partial charge in [-0.3, -0.25) is 4.57 Å². The van der Waals surface area contributed by atoms with Crippen LogP contribution in [0.1, 0.15) is 13.2 Å². The van der Waals surface area contributed by atoms with Gasteiger partial charge < -0.3 is 25.1 Å². The van der Waals surface area contributed by atoms with Gasteiger partial charge in [0.25, 0.3) is 0 Å². The number of anilines is 1. The third-order valence-corrected chi connectivity index (χ3v) is 3.89. The van der Waals surface area contributed by atoms with Crippen molar-refractivity contribution in [1.82, 2.24) is 19.5 Å². The minimum atomic E-state index is -0.636. The molecule has 0 spiro atoms. The Balaban J connectivity index is 2.02. The first kappa shape index (κ1) is 14.9. The first-order chi connectivity index (χ1) is 10.6. The fraction of sp³-hybridized carbons (Fsp3) is 0.615. The van der Waals surface area contributed by atoms with Gasteiger partial charge in [-0.2, -0.15) is 9.97 Å². The van der Waals surface area contributed by atoms with Crippen LogP contribution in [0.4, 0.5) is 5.95 Å². The molecule has 0 saturated carbocycles. The molecule has 9 nitrogen and oxygen atoms in total. The van der Waals surface area contributed by atoms with Crippen LogP contribution >= 0.6 is 0 Å². The topological polar surface area (TPSA) is 118 Å². The molecule has 1 saturated heterocycles. The molecule has 2 aromatic heterocycles. The zero-order valence-corrected chi connectivity index (χ0v) is 12.6. The first-order valence-corrected chi connectivity index (χ1v) is 6.93. The quantitative estimate of drug-likeness (QED) is 0.807. The van der Waals surface area contributed by atoms with E-state index in [1.54, 1.807) is 18.0 Å². The molecule has 1 fully saturated rings. The number of aromatic nitrogens is 4. The van der Waals surface area contributed by atoms with Crippen LogP contribution in [0.5, 0.6) is 5.88 Å². The summed E-state index contributed by atoms with van der Waals surface area (Å²) in [5.74, 6) is 0.242. The highest BCUT2D eigenvalue weighted by Gasteiger charge is 2.42. The first-order valence-electron chi connectivity index (χ1n) is 6.93. The Bertz CT molecular complexity index is 676. The molecule has 1 aliphatic heterocycles. The Hall–Kier alpha value is -1.97. The lowest BCUT2D eigenvalue weighted by molar-refractivity contribution is -0.0534. The summed E-state index contributed by atoms with van der Waals surface area (Å²) in [5.41, 5.74) is 6.71. The standard InChI is InChI=1S/C13H19N5O4/c1-6-9(19)7(4-20-2)22-12(6)18-5-15-8-10(18)16-13(14)17-11(8)21-3/h5-7,9,12,19H,4H2,1-3H3,(H2,14,16,17). The average Bonchev–Trinajstić information content (AvgIpc) is 3.03. The SMILES string of the molecule is COCC1OC(n2cnc3c(OC)nc(N)nc32)C(C)C1O. The number of hydrogen-bond acceptors (Lipinski definition) is 8. The highest BCUT2D eigenvalue weighted by Crippen LogP contribution is 2.36. The Kier molecular flexibility index (Phi) is 3.85. The molecule has 3 heterocycles. The predicted molar refractivity (Wildman–Crippen MR) is 77.2 cm³/mol. The molecule has 0 bridgehead atoms. The van der Waals surface area contributed by atoms with Crippen molar-refractivity contribution in [2.75, 3.05) is 26.6 Å². The molecule has 22 heavy (non-hydrogen) atoms. The Morgan fingerprint density at radius 1 is 1.41 bits per heavy atom. The number of nitrogens with two attached hydrogens (primary N) is 1. The normalized spacial score (nSPS) is 28.4. The summed E-state index contributed by atoms with van der Waals surface area (Å²) in [5, 5.41) is 10.3. The fourth-order valence-corrected chi connectivity index (χ4v) is 2.75. The van der Waals surface area contributed by atoms with Gasteiger partial charge in [-0.05, 0) is 0 Å². The summed E-state index contributed by atoms with van der Waals surface area (Å²) in [4.78, 5) is 12.5. The fourth-order valence-electron chi connectivity index (χ4n) is 2.75. The van der Waals surface area contributed by atoms with Crippen LogP contribution in [-0.2, 0) is 9.47 Å². The van der Waals surface area contributed by atoms with Gasteiger partial charge >= 0.3 is 0 Å². The molecule has 3 N–H and O–H groups in total. The van der Waals surface area contributed by atoms with Crippen LogP contribution in [0.15, 0.2) is 6.33 Å². The van der Waals surface area contributed by atoms with Crippen molar-refractivity contribution in [3.63, 3.8) is 0 Å². The third-order valence-electron chi connectivity index (χ3n) is 3.89. The zero-order chi connectivity index (χ0) is 15.9. The van der Waals surface area contributed by atoms with E-state index in [0.29, 0.717) is 23.7 Å². The Morgan fingerprint density at radius 3 is 2.86 bits per heavy atom. The van der Waals surface area contributed by atoms with Gasteiger partial charge in [0.15, 0.2) is 11.2 Å². The van der Waals surface area contributed by atoms with E-state index in [0.717, 1.165) is 0 Å². The average molecular weight is 309 g/mol. The van der Waals surface area contributed by atoms with E-state index in [-0.39, 0.29) is 11.9 Å². The third kappa shape index (κ3) is 2.27. The van der Waals surface area contributed by atoms with Crippen molar-refractivity contribution < 1.29 is 19.3 Å². The van der Waals surface area contributed by atoms with E-state index < -0.39 is 18.4 Å². The number of nitrogens with zero attached hydrogens (tertiary/aromatic N) is 4. The van der Waals surface area contributed by atoms with Crippen molar-refractivity contribution >= 4 is 17.1 Å². The summed E-state index contributed by atoms with van der Waals surface area (Å²) < 4.78 is 17.9. The number of fused-ring (bicyclic) bond motifs is 1. The zero-order valence-electron chi connectivity index (χ0n) is 12.6.